The third kappa shape index (κ3) is 6.27. The van der Waals surface area contributed by atoms with Crippen LogP contribution in [0, 0.1) is 0 Å². The number of allylic oxidation sites excluding steroid dienone is 2. The molecule has 0 aromatic carbocycles. The molecule has 7 heteroatoms. The Labute approximate surface area is 171 Å². The molecule has 0 radical (unpaired) electrons. The highest BCUT2D eigenvalue weighted by molar-refractivity contribution is 5.68. The molecule has 1 atom stereocenters. The van der Waals surface area contributed by atoms with Crippen LogP contribution < -0.4 is 10.1 Å². The second-order valence-electron chi connectivity index (χ2n) is 7.22. The van der Waals surface area contributed by atoms with Crippen molar-refractivity contribution >= 4 is 11.8 Å². The summed E-state index contributed by atoms with van der Waals surface area (Å²) < 4.78 is 4.96. The molecule has 0 aliphatic carbocycles. The highest BCUT2D eigenvalue weighted by Gasteiger charge is 2.14. The van der Waals surface area contributed by atoms with Gasteiger partial charge in [0.1, 0.15) is 5.82 Å². The van der Waals surface area contributed by atoms with Gasteiger partial charge in [0.25, 0.3) is 0 Å². The van der Waals surface area contributed by atoms with E-state index >= 15 is 0 Å². The van der Waals surface area contributed by atoms with E-state index in [9.17, 15) is 9.90 Å². The first-order valence-corrected chi connectivity index (χ1v) is 10.1. The molecule has 7 nitrogen and oxygen atoms in total. The van der Waals surface area contributed by atoms with Crippen molar-refractivity contribution < 1.29 is 14.6 Å². The van der Waals surface area contributed by atoms with Crippen LogP contribution in [0.4, 0.5) is 5.82 Å². The number of aliphatic carboxylic acids is 1. The van der Waals surface area contributed by atoms with Gasteiger partial charge < -0.3 is 15.2 Å². The van der Waals surface area contributed by atoms with Crippen LogP contribution in [0.3, 0.4) is 0 Å². The zero-order valence-electron chi connectivity index (χ0n) is 16.8. The number of carboxylic acids is 1. The molecule has 0 unspecified atom stereocenters. The van der Waals surface area contributed by atoms with Crippen molar-refractivity contribution in [2.24, 2.45) is 0 Å². The molecular weight excluding hydrogens is 368 g/mol. The molecule has 1 aliphatic heterocycles. The first-order valence-electron chi connectivity index (χ1n) is 10.1. The number of rotatable bonds is 10. The average molecular weight is 396 g/mol. The molecule has 29 heavy (non-hydrogen) atoms. The number of nitrogens with zero attached hydrogens (tertiary/aromatic N) is 3. The smallest absolute Gasteiger partial charge is 0.316 e. The minimum Gasteiger partial charge on any atom is -0.481 e. The van der Waals surface area contributed by atoms with Crippen LogP contribution in [0.25, 0.3) is 0 Å². The summed E-state index contributed by atoms with van der Waals surface area (Å²) in [7, 11) is 1.50. The van der Waals surface area contributed by atoms with Crippen LogP contribution >= 0.6 is 0 Å². The fourth-order valence-corrected chi connectivity index (χ4v) is 3.45. The minimum absolute atomic E-state index is 0.0121. The van der Waals surface area contributed by atoms with Gasteiger partial charge >= 0.3 is 12.0 Å². The number of ether oxygens (including phenoxy) is 1. The monoisotopic (exact) mass is 396 g/mol. The van der Waals surface area contributed by atoms with Gasteiger partial charge in [-0.25, -0.2) is 15.0 Å². The van der Waals surface area contributed by atoms with E-state index in [0.717, 1.165) is 55.7 Å². The zero-order valence-corrected chi connectivity index (χ0v) is 16.8. The quantitative estimate of drug-likeness (QED) is 0.466. The number of pyridine rings is 1. The Bertz CT molecular complexity index is 836. The van der Waals surface area contributed by atoms with Gasteiger partial charge in [-0.1, -0.05) is 18.2 Å². The predicted octanol–water partition coefficient (Wildman–Crippen LogP) is 3.77. The van der Waals surface area contributed by atoms with E-state index in [1.165, 1.54) is 19.1 Å². The number of carbonyl (C=O) groups is 1. The van der Waals surface area contributed by atoms with Gasteiger partial charge in [-0.15, -0.1) is 0 Å². The molecule has 0 saturated heterocycles. The number of unbranched alkanes of at least 4 members (excludes halogenated alkanes) is 2. The summed E-state index contributed by atoms with van der Waals surface area (Å²) in [6.45, 7) is 1.00. The molecule has 2 N–H and O–H groups in total. The number of carboxylic acid groups (broad SMARTS) is 1. The van der Waals surface area contributed by atoms with E-state index in [-0.39, 0.29) is 18.3 Å². The number of aromatic nitrogens is 3. The van der Waals surface area contributed by atoms with Crippen molar-refractivity contribution in [1.29, 1.82) is 0 Å². The summed E-state index contributed by atoms with van der Waals surface area (Å²) in [5, 5.41) is 12.6. The van der Waals surface area contributed by atoms with E-state index in [1.807, 2.05) is 6.08 Å². The third-order valence-corrected chi connectivity index (χ3v) is 5.03. The molecular formula is C22H28N4O3. The molecule has 0 fully saturated rings. The fourth-order valence-electron chi connectivity index (χ4n) is 3.45. The van der Waals surface area contributed by atoms with Crippen molar-refractivity contribution in [3.63, 3.8) is 0 Å². The second-order valence-corrected chi connectivity index (χ2v) is 7.22. The minimum atomic E-state index is -0.845. The molecule has 3 rings (SSSR count). The lowest BCUT2D eigenvalue weighted by atomic mass is 9.97. The molecule has 1 aliphatic rings. The average Bonchev–Trinajstić information content (AvgIpc) is 2.75. The van der Waals surface area contributed by atoms with Crippen LogP contribution in [0.15, 0.2) is 36.7 Å². The number of anilines is 1. The van der Waals surface area contributed by atoms with E-state index in [0.29, 0.717) is 0 Å². The molecule has 154 valence electrons. The Kier molecular flexibility index (Phi) is 7.55. The summed E-state index contributed by atoms with van der Waals surface area (Å²) in [4.78, 5) is 24.1. The maximum Gasteiger partial charge on any atom is 0.316 e. The maximum atomic E-state index is 11.2. The van der Waals surface area contributed by atoms with Gasteiger partial charge in [0.2, 0.25) is 0 Å². The normalized spacial score (nSPS) is 14.2. The second kappa shape index (κ2) is 10.5. The van der Waals surface area contributed by atoms with Crippen molar-refractivity contribution in [2.45, 2.75) is 50.9 Å². The van der Waals surface area contributed by atoms with Crippen molar-refractivity contribution in [3.05, 3.63) is 53.5 Å². The van der Waals surface area contributed by atoms with Crippen LogP contribution in [-0.4, -0.2) is 39.7 Å². The first-order chi connectivity index (χ1) is 14.2. The van der Waals surface area contributed by atoms with Gasteiger partial charge in [-0.2, -0.15) is 0 Å². The van der Waals surface area contributed by atoms with E-state index in [2.05, 4.69) is 33.5 Å². The lowest BCUT2D eigenvalue weighted by Crippen LogP contribution is -2.13. The molecule has 0 spiro atoms. The first kappa shape index (κ1) is 20.8. The Morgan fingerprint density at radius 1 is 1.31 bits per heavy atom. The largest absolute Gasteiger partial charge is 0.481 e. The van der Waals surface area contributed by atoms with Crippen molar-refractivity contribution in [3.8, 4) is 6.01 Å². The number of hydrogen-bond donors (Lipinski definition) is 2. The Morgan fingerprint density at radius 3 is 2.90 bits per heavy atom. The topological polar surface area (TPSA) is 97.2 Å². The van der Waals surface area contributed by atoms with Gasteiger partial charge in [-0.05, 0) is 55.7 Å². The summed E-state index contributed by atoms with van der Waals surface area (Å²) in [6, 6.07) is 4.60. The van der Waals surface area contributed by atoms with Crippen LogP contribution in [0.2, 0.25) is 0 Å². The standard InChI is InChI=1S/C22H28N4O3/c1-29-22-24-14-18(15-25-22)17(13-20(27)28)7-4-2-3-5-9-19-11-10-16-8-6-12-23-21(16)26-19/h4,7,10-11,14-15,17H,2-3,5-6,8-9,12-13H2,1H3,(H,23,26)(H,27,28)/b7-4+/t17-/m0/s1. The number of aryl methyl sites for hydroxylation is 2. The number of fused-ring (bicyclic) bond motifs is 1. The fraction of sp³-hybridized carbons (Fsp3) is 0.455. The summed E-state index contributed by atoms with van der Waals surface area (Å²) in [5.41, 5.74) is 3.21. The summed E-state index contributed by atoms with van der Waals surface area (Å²) >= 11 is 0. The van der Waals surface area contributed by atoms with Crippen LogP contribution in [-0.2, 0) is 17.6 Å². The SMILES string of the molecule is COc1ncc([C@@H](/C=C/CCCCc2ccc3c(n2)NCCC3)CC(=O)O)cn1. The van der Waals surface area contributed by atoms with Crippen molar-refractivity contribution in [2.75, 3.05) is 19.0 Å². The third-order valence-electron chi connectivity index (χ3n) is 5.03. The van der Waals surface area contributed by atoms with Gasteiger partial charge in [0.15, 0.2) is 0 Å². The number of methoxy groups -OCH3 is 1. The van der Waals surface area contributed by atoms with Gasteiger partial charge in [0.05, 0.1) is 13.5 Å². The summed E-state index contributed by atoms with van der Waals surface area (Å²) in [6.07, 6.45) is 13.5. The zero-order chi connectivity index (χ0) is 20.5. The summed E-state index contributed by atoms with van der Waals surface area (Å²) in [5.74, 6) is -0.0405. The predicted molar refractivity (Wildman–Crippen MR) is 111 cm³/mol. The van der Waals surface area contributed by atoms with Gasteiger partial charge in [-0.3, -0.25) is 4.79 Å². The highest BCUT2D eigenvalue weighted by atomic mass is 16.5. The van der Waals surface area contributed by atoms with Gasteiger partial charge in [0, 0.05) is 30.6 Å². The Hall–Kier alpha value is -2.96. The van der Waals surface area contributed by atoms with E-state index in [1.54, 1.807) is 12.4 Å². The molecule has 2 aromatic rings. The Balaban J connectivity index is 1.47. The molecule has 0 saturated carbocycles. The Morgan fingerprint density at radius 2 is 2.14 bits per heavy atom. The molecule has 0 amide bonds. The molecule has 0 bridgehead atoms. The van der Waals surface area contributed by atoms with Crippen LogP contribution in [0.5, 0.6) is 6.01 Å². The maximum absolute atomic E-state index is 11.2. The lowest BCUT2D eigenvalue weighted by molar-refractivity contribution is -0.137. The highest BCUT2D eigenvalue weighted by Crippen LogP contribution is 2.22. The molecule has 3 heterocycles. The lowest BCUT2D eigenvalue weighted by Gasteiger charge is -2.17. The van der Waals surface area contributed by atoms with Crippen LogP contribution in [0.1, 0.15) is 54.8 Å². The van der Waals surface area contributed by atoms with Crippen molar-refractivity contribution in [1.82, 2.24) is 15.0 Å². The number of nitrogens with one attached hydrogen (secondary N) is 1. The van der Waals surface area contributed by atoms with E-state index < -0.39 is 5.97 Å². The molecule has 2 aromatic heterocycles. The van der Waals surface area contributed by atoms with E-state index in [4.69, 9.17) is 9.72 Å². The number of hydrogen-bond acceptors (Lipinski definition) is 6.